The molecule has 2 heterocycles. The molecular weight excluding hydrogens is 479 g/mol. The molecule has 2 unspecified atom stereocenters. The summed E-state index contributed by atoms with van der Waals surface area (Å²) in [5.74, 6) is -0.340. The van der Waals surface area contributed by atoms with Crippen molar-refractivity contribution in [2.75, 3.05) is 13.1 Å². The fraction of sp³-hybridized carbons (Fsp3) is 0.348. The maximum Gasteiger partial charge on any atom is 0.261 e. The number of aryl methyl sites for hydroxylation is 1. The molecule has 1 fully saturated rings. The van der Waals surface area contributed by atoms with Crippen molar-refractivity contribution in [3.63, 3.8) is 0 Å². The van der Waals surface area contributed by atoms with E-state index >= 15 is 0 Å². The van der Waals surface area contributed by atoms with Crippen molar-refractivity contribution >= 4 is 40.3 Å². The molecule has 2 aliphatic heterocycles. The number of nitrogens with zero attached hydrogens (tertiary/aromatic N) is 2. The van der Waals surface area contributed by atoms with Gasteiger partial charge in [0.05, 0.1) is 29.3 Å². The molecular formula is C23H23IN2O3. The topological polar surface area (TPSA) is 57.7 Å². The molecule has 2 atom stereocenters. The lowest BCUT2D eigenvalue weighted by Crippen LogP contribution is -2.54. The molecule has 0 bridgehead atoms. The number of hydrogen-bond donors (Lipinski definition) is 0. The summed E-state index contributed by atoms with van der Waals surface area (Å²) in [7, 11) is 0. The van der Waals surface area contributed by atoms with Gasteiger partial charge < -0.3 is 4.90 Å². The van der Waals surface area contributed by atoms with Crippen LogP contribution in [0.1, 0.15) is 56.4 Å². The fourth-order valence-electron chi connectivity index (χ4n) is 4.33. The summed E-state index contributed by atoms with van der Waals surface area (Å²) in [6.07, 6.45) is 1.90. The van der Waals surface area contributed by atoms with E-state index in [1.54, 1.807) is 24.3 Å². The first-order valence-corrected chi connectivity index (χ1v) is 11.0. The van der Waals surface area contributed by atoms with Gasteiger partial charge in [0, 0.05) is 10.1 Å². The normalized spacial score (nSPS) is 21.5. The number of halogens is 1. The maximum absolute atomic E-state index is 13.4. The number of likely N-dealkylation sites (tertiary alicyclic amines) is 1. The Hall–Kier alpha value is -2.22. The average molecular weight is 502 g/mol. The molecule has 0 saturated carbocycles. The van der Waals surface area contributed by atoms with Crippen molar-refractivity contribution in [2.24, 2.45) is 5.92 Å². The zero-order valence-electron chi connectivity index (χ0n) is 16.5. The van der Waals surface area contributed by atoms with Crippen LogP contribution in [0.3, 0.4) is 0 Å². The number of rotatable bonds is 3. The van der Waals surface area contributed by atoms with Gasteiger partial charge in [0.25, 0.3) is 17.7 Å². The van der Waals surface area contributed by atoms with E-state index < -0.39 is 0 Å². The average Bonchev–Trinajstić information content (AvgIpc) is 2.96. The Morgan fingerprint density at radius 1 is 1.10 bits per heavy atom. The second kappa shape index (κ2) is 7.89. The SMILES string of the molecule is Cc1ccc(I)c(C(=O)N2CCCC(C)C2CN2C(=O)c3ccccc3C2=O)c1. The van der Waals surface area contributed by atoms with Gasteiger partial charge in [-0.3, -0.25) is 19.3 Å². The standard InChI is InChI=1S/C23H23IN2O3/c1-14-9-10-19(24)18(12-14)23(29)25-11-5-6-15(2)20(25)13-26-21(27)16-7-3-4-8-17(16)22(26)28/h3-4,7-10,12,15,20H,5-6,11,13H2,1-2H3. The third-order valence-corrected chi connectivity index (χ3v) is 6.92. The predicted octanol–water partition coefficient (Wildman–Crippen LogP) is 4.14. The monoisotopic (exact) mass is 502 g/mol. The van der Waals surface area contributed by atoms with Crippen LogP contribution in [-0.4, -0.2) is 46.7 Å². The zero-order valence-corrected chi connectivity index (χ0v) is 18.7. The Kier molecular flexibility index (Phi) is 5.46. The van der Waals surface area contributed by atoms with Crippen LogP contribution in [-0.2, 0) is 0 Å². The second-order valence-electron chi connectivity index (χ2n) is 7.94. The highest BCUT2D eigenvalue weighted by Gasteiger charge is 2.41. The summed E-state index contributed by atoms with van der Waals surface area (Å²) in [6.45, 7) is 4.95. The molecule has 3 amide bonds. The molecule has 2 aliphatic rings. The summed E-state index contributed by atoms with van der Waals surface area (Å²) in [6, 6.07) is 12.6. The molecule has 29 heavy (non-hydrogen) atoms. The van der Waals surface area contributed by atoms with Crippen LogP contribution < -0.4 is 0 Å². The fourth-order valence-corrected chi connectivity index (χ4v) is 4.90. The van der Waals surface area contributed by atoms with Gasteiger partial charge in [-0.15, -0.1) is 0 Å². The van der Waals surface area contributed by atoms with Crippen LogP contribution in [0.5, 0.6) is 0 Å². The Bertz CT molecular complexity index is 968. The van der Waals surface area contributed by atoms with E-state index in [4.69, 9.17) is 0 Å². The maximum atomic E-state index is 13.4. The van der Waals surface area contributed by atoms with E-state index in [0.717, 1.165) is 22.0 Å². The number of hydrogen-bond acceptors (Lipinski definition) is 3. The van der Waals surface area contributed by atoms with Gasteiger partial charge in [0.15, 0.2) is 0 Å². The lowest BCUT2D eigenvalue weighted by atomic mass is 9.89. The van der Waals surface area contributed by atoms with Crippen molar-refractivity contribution in [1.29, 1.82) is 0 Å². The van der Waals surface area contributed by atoms with Crippen molar-refractivity contribution in [3.8, 4) is 0 Å². The van der Waals surface area contributed by atoms with E-state index in [0.29, 0.717) is 23.2 Å². The van der Waals surface area contributed by atoms with Crippen LogP contribution in [0.25, 0.3) is 0 Å². The molecule has 2 aromatic carbocycles. The van der Waals surface area contributed by atoms with Crippen LogP contribution in [0.4, 0.5) is 0 Å². The molecule has 6 heteroatoms. The summed E-state index contributed by atoms with van der Waals surface area (Å²) in [5, 5.41) is 0. The Balaban J connectivity index is 1.63. The Morgan fingerprint density at radius 3 is 2.41 bits per heavy atom. The van der Waals surface area contributed by atoms with Gasteiger partial charge >= 0.3 is 0 Å². The molecule has 1 saturated heterocycles. The number of benzene rings is 2. The van der Waals surface area contributed by atoms with Crippen molar-refractivity contribution in [3.05, 3.63) is 68.3 Å². The van der Waals surface area contributed by atoms with Gasteiger partial charge in [-0.25, -0.2) is 0 Å². The molecule has 4 rings (SSSR count). The number of carbonyl (C=O) groups is 3. The van der Waals surface area contributed by atoms with Crippen molar-refractivity contribution in [1.82, 2.24) is 9.80 Å². The summed E-state index contributed by atoms with van der Waals surface area (Å²) < 4.78 is 0.913. The van der Waals surface area contributed by atoms with Gasteiger partial charge in [-0.2, -0.15) is 0 Å². The van der Waals surface area contributed by atoms with Crippen molar-refractivity contribution in [2.45, 2.75) is 32.7 Å². The quantitative estimate of drug-likeness (QED) is 0.469. The lowest BCUT2D eigenvalue weighted by molar-refractivity contribution is 0.0368. The van der Waals surface area contributed by atoms with Gasteiger partial charge in [0.2, 0.25) is 0 Å². The van der Waals surface area contributed by atoms with E-state index in [-0.39, 0.29) is 36.2 Å². The third kappa shape index (κ3) is 3.58. The van der Waals surface area contributed by atoms with Gasteiger partial charge in [0.1, 0.15) is 0 Å². The van der Waals surface area contributed by atoms with Crippen LogP contribution >= 0.6 is 22.6 Å². The highest BCUT2D eigenvalue weighted by molar-refractivity contribution is 14.1. The number of imide groups is 1. The van der Waals surface area contributed by atoms with E-state index in [1.807, 2.05) is 30.0 Å². The van der Waals surface area contributed by atoms with Crippen molar-refractivity contribution < 1.29 is 14.4 Å². The minimum atomic E-state index is -0.263. The molecule has 0 aliphatic carbocycles. The Morgan fingerprint density at radius 2 is 1.76 bits per heavy atom. The van der Waals surface area contributed by atoms with E-state index in [1.165, 1.54) is 4.90 Å². The smallest absolute Gasteiger partial charge is 0.261 e. The predicted molar refractivity (Wildman–Crippen MR) is 119 cm³/mol. The molecule has 2 aromatic rings. The lowest BCUT2D eigenvalue weighted by Gasteiger charge is -2.41. The molecule has 5 nitrogen and oxygen atoms in total. The first-order chi connectivity index (χ1) is 13.9. The Labute approximate surface area is 184 Å². The molecule has 0 radical (unpaired) electrons. The minimum absolute atomic E-state index is 0.0220. The minimum Gasteiger partial charge on any atom is -0.334 e. The van der Waals surface area contributed by atoms with Gasteiger partial charge in [-0.1, -0.05) is 30.7 Å². The molecule has 0 N–H and O–H groups in total. The highest BCUT2D eigenvalue weighted by Crippen LogP contribution is 2.30. The number of amides is 3. The van der Waals surface area contributed by atoms with Crippen LogP contribution in [0.15, 0.2) is 42.5 Å². The van der Waals surface area contributed by atoms with Crippen LogP contribution in [0.2, 0.25) is 0 Å². The zero-order chi connectivity index (χ0) is 20.7. The molecule has 150 valence electrons. The van der Waals surface area contributed by atoms with E-state index in [2.05, 4.69) is 29.5 Å². The summed E-state index contributed by atoms with van der Waals surface area (Å²) in [5.41, 5.74) is 2.63. The molecule has 0 aromatic heterocycles. The third-order valence-electron chi connectivity index (χ3n) is 5.98. The number of carbonyl (C=O) groups excluding carboxylic acids is 3. The first-order valence-electron chi connectivity index (χ1n) is 9.91. The highest BCUT2D eigenvalue weighted by atomic mass is 127. The molecule has 0 spiro atoms. The largest absolute Gasteiger partial charge is 0.334 e. The summed E-state index contributed by atoms with van der Waals surface area (Å²) >= 11 is 2.19. The van der Waals surface area contributed by atoms with Gasteiger partial charge in [-0.05, 0) is 72.5 Å². The van der Waals surface area contributed by atoms with Crippen LogP contribution in [0, 0.1) is 16.4 Å². The summed E-state index contributed by atoms with van der Waals surface area (Å²) in [4.78, 5) is 42.3. The number of piperidine rings is 1. The number of fused-ring (bicyclic) bond motifs is 1. The first kappa shape index (κ1) is 20.1. The second-order valence-corrected chi connectivity index (χ2v) is 9.10. The van der Waals surface area contributed by atoms with E-state index in [9.17, 15) is 14.4 Å².